The van der Waals surface area contributed by atoms with Gasteiger partial charge in [0.15, 0.2) is 5.96 Å². The number of hydrogen-bond acceptors (Lipinski definition) is 4. The van der Waals surface area contributed by atoms with Crippen molar-refractivity contribution in [3.05, 3.63) is 29.6 Å². The number of carbonyl (C=O) groups is 1. The number of ether oxygens (including phenoxy) is 1. The van der Waals surface area contributed by atoms with E-state index >= 15 is 0 Å². The van der Waals surface area contributed by atoms with E-state index in [9.17, 15) is 4.79 Å². The smallest absolute Gasteiger partial charge is 0.308 e. The fraction of sp³-hybridized carbons (Fsp3) is 0.632. The summed E-state index contributed by atoms with van der Waals surface area (Å²) in [6, 6.07) is 2.42. The number of nitrogens with one attached hydrogen (secondary N) is 2. The van der Waals surface area contributed by atoms with Crippen LogP contribution in [-0.4, -0.2) is 43.2 Å². The molecule has 1 fully saturated rings. The fourth-order valence-electron chi connectivity index (χ4n) is 3.22. The molecule has 1 aliphatic carbocycles. The first-order valence-corrected chi connectivity index (χ1v) is 9.17. The van der Waals surface area contributed by atoms with Gasteiger partial charge in [-0.2, -0.15) is 0 Å². The van der Waals surface area contributed by atoms with Crippen molar-refractivity contribution in [3.63, 3.8) is 0 Å². The lowest BCUT2D eigenvalue weighted by Crippen LogP contribution is -2.45. The Morgan fingerprint density at radius 3 is 2.76 bits per heavy atom. The van der Waals surface area contributed by atoms with Gasteiger partial charge in [0.05, 0.1) is 12.5 Å². The molecule has 1 aromatic rings. The zero-order valence-corrected chi connectivity index (χ0v) is 15.5. The van der Waals surface area contributed by atoms with Crippen molar-refractivity contribution in [2.24, 2.45) is 10.9 Å². The predicted molar refractivity (Wildman–Crippen MR) is 99.6 cm³/mol. The molecule has 1 heterocycles. The molecule has 0 amide bonds. The Bertz CT molecular complexity index is 581. The average molecular weight is 346 g/mol. The molecule has 2 rings (SSSR count). The Morgan fingerprint density at radius 2 is 2.12 bits per heavy atom. The van der Waals surface area contributed by atoms with E-state index in [1.165, 1.54) is 11.1 Å². The van der Waals surface area contributed by atoms with Crippen LogP contribution in [0.15, 0.2) is 23.5 Å². The minimum absolute atomic E-state index is 0.0452. The third kappa shape index (κ3) is 6.03. The van der Waals surface area contributed by atoms with E-state index in [2.05, 4.69) is 33.6 Å². The van der Waals surface area contributed by atoms with Crippen molar-refractivity contribution < 1.29 is 9.53 Å². The lowest BCUT2D eigenvalue weighted by molar-refractivity contribution is -0.149. The van der Waals surface area contributed by atoms with Crippen molar-refractivity contribution in [2.45, 2.75) is 52.0 Å². The second-order valence-electron chi connectivity index (χ2n) is 6.50. The lowest BCUT2D eigenvalue weighted by atomic mass is 9.86. The van der Waals surface area contributed by atoms with Crippen LogP contribution in [-0.2, 0) is 16.0 Å². The Hall–Kier alpha value is -2.11. The topological polar surface area (TPSA) is 75.6 Å². The molecule has 0 bridgehead atoms. The van der Waals surface area contributed by atoms with Gasteiger partial charge in [0.2, 0.25) is 0 Å². The number of pyridine rings is 1. The Labute approximate surface area is 150 Å². The van der Waals surface area contributed by atoms with Gasteiger partial charge in [-0.15, -0.1) is 0 Å². The van der Waals surface area contributed by atoms with Crippen LogP contribution in [0.4, 0.5) is 0 Å². The number of nitrogens with zero attached hydrogens (tertiary/aromatic N) is 2. The van der Waals surface area contributed by atoms with E-state index in [4.69, 9.17) is 4.74 Å². The summed E-state index contributed by atoms with van der Waals surface area (Å²) >= 11 is 0. The molecule has 6 heteroatoms. The van der Waals surface area contributed by atoms with Crippen molar-refractivity contribution in [2.75, 3.05) is 20.2 Å². The van der Waals surface area contributed by atoms with Crippen LogP contribution in [0.5, 0.6) is 0 Å². The van der Waals surface area contributed by atoms with Crippen LogP contribution in [0, 0.1) is 12.8 Å². The molecule has 0 aliphatic heterocycles. The van der Waals surface area contributed by atoms with Crippen LogP contribution in [0.1, 0.15) is 43.7 Å². The maximum absolute atomic E-state index is 11.8. The fourth-order valence-corrected chi connectivity index (χ4v) is 3.22. The summed E-state index contributed by atoms with van der Waals surface area (Å²) < 4.78 is 5.12. The van der Waals surface area contributed by atoms with Crippen molar-refractivity contribution >= 4 is 11.9 Å². The Morgan fingerprint density at radius 1 is 1.36 bits per heavy atom. The highest BCUT2D eigenvalue weighted by molar-refractivity contribution is 5.80. The summed E-state index contributed by atoms with van der Waals surface area (Å²) in [5, 5.41) is 6.85. The minimum atomic E-state index is -0.0452. The van der Waals surface area contributed by atoms with Crippen molar-refractivity contribution in [1.82, 2.24) is 15.6 Å². The summed E-state index contributed by atoms with van der Waals surface area (Å²) in [4.78, 5) is 20.2. The SMILES string of the molecule is CCOC(=O)C1CCC(NC(=NC)NCCc2ccncc2C)CC1. The number of aryl methyl sites for hydroxylation is 1. The second kappa shape index (κ2) is 10.0. The van der Waals surface area contributed by atoms with Gasteiger partial charge in [0.1, 0.15) is 0 Å². The summed E-state index contributed by atoms with van der Waals surface area (Å²) in [5.41, 5.74) is 2.51. The maximum atomic E-state index is 11.8. The summed E-state index contributed by atoms with van der Waals surface area (Å²) in [7, 11) is 1.79. The minimum Gasteiger partial charge on any atom is -0.466 e. The van der Waals surface area contributed by atoms with E-state index < -0.39 is 0 Å². The van der Waals surface area contributed by atoms with Gasteiger partial charge in [-0.05, 0) is 63.1 Å². The number of aromatic nitrogens is 1. The van der Waals surface area contributed by atoms with Crippen LogP contribution >= 0.6 is 0 Å². The number of esters is 1. The molecule has 0 atom stereocenters. The van der Waals surface area contributed by atoms with Gasteiger partial charge in [-0.3, -0.25) is 14.8 Å². The summed E-state index contributed by atoms with van der Waals surface area (Å²) in [6.07, 6.45) is 8.35. The highest BCUT2D eigenvalue weighted by Gasteiger charge is 2.27. The number of hydrogen-bond donors (Lipinski definition) is 2. The van der Waals surface area contributed by atoms with E-state index in [1.54, 1.807) is 7.05 Å². The molecule has 1 aromatic heterocycles. The molecule has 138 valence electrons. The number of carbonyl (C=O) groups excluding carboxylic acids is 1. The predicted octanol–water partition coefficient (Wildman–Crippen LogP) is 2.22. The highest BCUT2D eigenvalue weighted by Crippen LogP contribution is 2.25. The van der Waals surface area contributed by atoms with Gasteiger partial charge < -0.3 is 15.4 Å². The van der Waals surface area contributed by atoms with Gasteiger partial charge in [0, 0.05) is 32.0 Å². The first-order chi connectivity index (χ1) is 12.1. The molecule has 0 spiro atoms. The number of aliphatic imine (C=N–C) groups is 1. The number of guanidine groups is 1. The third-order valence-corrected chi connectivity index (χ3v) is 4.73. The zero-order chi connectivity index (χ0) is 18.1. The maximum Gasteiger partial charge on any atom is 0.308 e. The zero-order valence-electron chi connectivity index (χ0n) is 15.5. The first-order valence-electron chi connectivity index (χ1n) is 9.17. The Kier molecular flexibility index (Phi) is 7.70. The molecule has 1 aliphatic rings. The highest BCUT2D eigenvalue weighted by atomic mass is 16.5. The van der Waals surface area contributed by atoms with Gasteiger partial charge >= 0.3 is 5.97 Å². The molecule has 2 N–H and O–H groups in total. The van der Waals surface area contributed by atoms with Crippen molar-refractivity contribution in [3.8, 4) is 0 Å². The molecule has 0 saturated heterocycles. The van der Waals surface area contributed by atoms with E-state index in [0.29, 0.717) is 12.6 Å². The van der Waals surface area contributed by atoms with Gasteiger partial charge in [-0.1, -0.05) is 0 Å². The summed E-state index contributed by atoms with van der Waals surface area (Å²) in [5.74, 6) is 0.838. The first kappa shape index (κ1) is 19.2. The molecule has 0 unspecified atom stereocenters. The van der Waals surface area contributed by atoms with E-state index in [-0.39, 0.29) is 11.9 Å². The van der Waals surface area contributed by atoms with Gasteiger partial charge in [-0.25, -0.2) is 0 Å². The molecular formula is C19H30N4O2. The second-order valence-corrected chi connectivity index (χ2v) is 6.50. The van der Waals surface area contributed by atoms with Crippen LogP contribution < -0.4 is 10.6 Å². The molecular weight excluding hydrogens is 316 g/mol. The van der Waals surface area contributed by atoms with Crippen LogP contribution in [0.3, 0.4) is 0 Å². The molecule has 6 nitrogen and oxygen atoms in total. The molecule has 25 heavy (non-hydrogen) atoms. The van der Waals surface area contributed by atoms with Gasteiger partial charge in [0.25, 0.3) is 0 Å². The Balaban J connectivity index is 1.72. The third-order valence-electron chi connectivity index (χ3n) is 4.73. The van der Waals surface area contributed by atoms with E-state index in [1.807, 2.05) is 19.3 Å². The number of rotatable bonds is 6. The van der Waals surface area contributed by atoms with Crippen LogP contribution in [0.2, 0.25) is 0 Å². The quantitative estimate of drug-likeness (QED) is 0.469. The van der Waals surface area contributed by atoms with Crippen molar-refractivity contribution in [1.29, 1.82) is 0 Å². The van der Waals surface area contributed by atoms with Crippen LogP contribution in [0.25, 0.3) is 0 Å². The lowest BCUT2D eigenvalue weighted by Gasteiger charge is -2.29. The average Bonchev–Trinajstić information content (AvgIpc) is 2.63. The van der Waals surface area contributed by atoms with E-state index in [0.717, 1.165) is 44.6 Å². The monoisotopic (exact) mass is 346 g/mol. The molecule has 1 saturated carbocycles. The summed E-state index contributed by atoms with van der Waals surface area (Å²) in [6.45, 7) is 5.22. The standard InChI is InChI=1S/C19H30N4O2/c1-4-25-18(24)16-5-7-17(8-6-16)23-19(20-3)22-12-10-15-9-11-21-13-14(15)2/h9,11,13,16-17H,4-8,10,12H2,1-3H3,(H2,20,22,23). The normalized spacial score (nSPS) is 20.8. The molecule has 0 radical (unpaired) electrons. The molecule has 0 aromatic carbocycles. The largest absolute Gasteiger partial charge is 0.466 e.